The number of aryl methyl sites for hydroxylation is 1. The number of amides is 1. The molecular formula is C17H26N2O2S. The molecule has 2 fully saturated rings. The van der Waals surface area contributed by atoms with Gasteiger partial charge in [-0.25, -0.2) is 0 Å². The van der Waals surface area contributed by atoms with E-state index in [1.165, 1.54) is 36.3 Å². The molecular weight excluding hydrogens is 296 g/mol. The van der Waals surface area contributed by atoms with Crippen molar-refractivity contribution in [2.75, 3.05) is 13.7 Å². The number of aromatic nitrogens is 1. The Morgan fingerprint density at radius 3 is 2.86 bits per heavy atom. The van der Waals surface area contributed by atoms with Crippen LogP contribution in [0.5, 0.6) is 0 Å². The highest BCUT2D eigenvalue weighted by Crippen LogP contribution is 2.66. The molecule has 0 spiro atoms. The van der Waals surface area contributed by atoms with Crippen LogP contribution in [0.4, 0.5) is 0 Å². The number of thiazole rings is 1. The normalized spacial score (nSPS) is 31.2. The Bertz CT molecular complexity index is 646. The lowest BCUT2D eigenvalue weighted by atomic mass is 9.90. The molecule has 1 amide bonds. The van der Waals surface area contributed by atoms with Gasteiger partial charge in [-0.3, -0.25) is 4.79 Å². The quantitative estimate of drug-likeness (QED) is 0.855. The highest BCUT2D eigenvalue weighted by atomic mass is 32.1. The summed E-state index contributed by atoms with van der Waals surface area (Å²) in [5.41, 5.74) is 1.42. The molecule has 2 saturated carbocycles. The van der Waals surface area contributed by atoms with Crippen LogP contribution in [0.15, 0.2) is 4.99 Å². The van der Waals surface area contributed by atoms with Crippen LogP contribution in [0.1, 0.15) is 43.2 Å². The second kappa shape index (κ2) is 5.93. The molecule has 2 aliphatic carbocycles. The van der Waals surface area contributed by atoms with Crippen molar-refractivity contribution in [3.8, 4) is 0 Å². The lowest BCUT2D eigenvalue weighted by Crippen LogP contribution is -2.21. The van der Waals surface area contributed by atoms with Crippen LogP contribution in [0.25, 0.3) is 0 Å². The van der Waals surface area contributed by atoms with Crippen LogP contribution in [-0.2, 0) is 16.1 Å². The van der Waals surface area contributed by atoms with Gasteiger partial charge in [0.25, 0.3) is 5.91 Å². The Morgan fingerprint density at radius 1 is 1.45 bits per heavy atom. The first-order valence-corrected chi connectivity index (χ1v) is 9.05. The molecule has 1 aromatic heterocycles. The van der Waals surface area contributed by atoms with Crippen molar-refractivity contribution in [2.24, 2.45) is 22.2 Å². The van der Waals surface area contributed by atoms with Crippen LogP contribution < -0.4 is 4.80 Å². The molecule has 0 aromatic carbocycles. The maximum atomic E-state index is 12.7. The minimum Gasteiger partial charge on any atom is -0.383 e. The second-order valence-electron chi connectivity index (χ2n) is 6.96. The Kier molecular flexibility index (Phi) is 4.29. The number of methoxy groups -OCH3 is 1. The zero-order valence-corrected chi connectivity index (χ0v) is 14.8. The number of carbonyl (C=O) groups is 1. The van der Waals surface area contributed by atoms with Gasteiger partial charge in [0.2, 0.25) is 0 Å². The standard InChI is InChI=1S/C17H26N2O2S/c1-11-12(2)22-16(19(11)9-10-21-4)18-15(20)14-13-7-5-6-8-17(13,14)3/h13-14H,5-10H2,1-4H3. The lowest BCUT2D eigenvalue weighted by Gasteiger charge is -2.15. The smallest absolute Gasteiger partial charge is 0.252 e. The van der Waals surface area contributed by atoms with Crippen LogP contribution in [0, 0.1) is 31.1 Å². The van der Waals surface area contributed by atoms with E-state index < -0.39 is 0 Å². The van der Waals surface area contributed by atoms with Crippen molar-refractivity contribution in [3.63, 3.8) is 0 Å². The van der Waals surface area contributed by atoms with Crippen molar-refractivity contribution < 1.29 is 9.53 Å². The molecule has 5 heteroatoms. The Hall–Kier alpha value is -0.940. The van der Waals surface area contributed by atoms with E-state index in [0.29, 0.717) is 12.5 Å². The third-order valence-corrected chi connectivity index (χ3v) is 6.81. The summed E-state index contributed by atoms with van der Waals surface area (Å²) in [7, 11) is 1.70. The number of hydrogen-bond acceptors (Lipinski definition) is 3. The van der Waals surface area contributed by atoms with Gasteiger partial charge in [0, 0.05) is 30.1 Å². The molecule has 3 atom stereocenters. The van der Waals surface area contributed by atoms with Crippen molar-refractivity contribution in [1.82, 2.24) is 4.57 Å². The molecule has 0 bridgehead atoms. The average Bonchev–Trinajstić information content (AvgIpc) is 3.03. The van der Waals surface area contributed by atoms with Crippen LogP contribution in [0.3, 0.4) is 0 Å². The Balaban J connectivity index is 1.86. The molecule has 0 saturated heterocycles. The Labute approximate surface area is 136 Å². The number of fused-ring (bicyclic) bond motifs is 1. The van der Waals surface area contributed by atoms with Gasteiger partial charge in [-0.05, 0) is 38.0 Å². The maximum absolute atomic E-state index is 12.7. The van der Waals surface area contributed by atoms with E-state index in [-0.39, 0.29) is 17.2 Å². The number of hydrogen-bond donors (Lipinski definition) is 0. The van der Waals surface area contributed by atoms with Gasteiger partial charge in [0.1, 0.15) is 0 Å². The highest BCUT2D eigenvalue weighted by Gasteiger charge is 2.64. The fourth-order valence-electron chi connectivity index (χ4n) is 4.11. The summed E-state index contributed by atoms with van der Waals surface area (Å²) in [6, 6.07) is 0. The summed E-state index contributed by atoms with van der Waals surface area (Å²) < 4.78 is 7.30. The van der Waals surface area contributed by atoms with E-state index in [1.54, 1.807) is 18.4 Å². The van der Waals surface area contributed by atoms with Crippen molar-refractivity contribution in [2.45, 2.75) is 53.0 Å². The van der Waals surface area contributed by atoms with E-state index in [4.69, 9.17) is 4.74 Å². The van der Waals surface area contributed by atoms with Crippen LogP contribution >= 0.6 is 11.3 Å². The fraction of sp³-hybridized carbons (Fsp3) is 0.765. The van der Waals surface area contributed by atoms with Gasteiger partial charge in [-0.1, -0.05) is 19.8 Å². The monoisotopic (exact) mass is 322 g/mol. The van der Waals surface area contributed by atoms with E-state index in [9.17, 15) is 4.79 Å². The zero-order valence-electron chi connectivity index (χ0n) is 14.0. The number of rotatable bonds is 4. The SMILES string of the molecule is COCCn1c(C)c(C)sc1=NC(=O)C1C2CCCCC21C. The molecule has 22 heavy (non-hydrogen) atoms. The maximum Gasteiger partial charge on any atom is 0.252 e. The number of nitrogens with zero attached hydrogens (tertiary/aromatic N) is 2. The van der Waals surface area contributed by atoms with E-state index in [1.807, 2.05) is 0 Å². The third-order valence-electron chi connectivity index (χ3n) is 5.71. The number of ether oxygens (including phenoxy) is 1. The molecule has 1 heterocycles. The molecule has 0 aliphatic heterocycles. The zero-order chi connectivity index (χ0) is 15.9. The average molecular weight is 322 g/mol. The van der Waals surface area contributed by atoms with Crippen molar-refractivity contribution in [3.05, 3.63) is 15.4 Å². The first-order chi connectivity index (χ1) is 10.5. The summed E-state index contributed by atoms with van der Waals surface area (Å²) in [6.45, 7) is 7.85. The molecule has 3 unspecified atom stereocenters. The summed E-state index contributed by atoms with van der Waals surface area (Å²) in [6.07, 6.45) is 4.93. The third kappa shape index (κ3) is 2.58. The summed E-state index contributed by atoms with van der Waals surface area (Å²) in [5.74, 6) is 0.836. The molecule has 0 radical (unpaired) electrons. The second-order valence-corrected chi connectivity index (χ2v) is 8.14. The van der Waals surface area contributed by atoms with E-state index >= 15 is 0 Å². The van der Waals surface area contributed by atoms with Crippen LogP contribution in [-0.4, -0.2) is 24.2 Å². The summed E-state index contributed by atoms with van der Waals surface area (Å²) >= 11 is 1.62. The van der Waals surface area contributed by atoms with Gasteiger partial charge in [-0.2, -0.15) is 4.99 Å². The first kappa shape index (κ1) is 15.9. The largest absolute Gasteiger partial charge is 0.383 e. The predicted molar refractivity (Wildman–Crippen MR) is 87.8 cm³/mol. The van der Waals surface area contributed by atoms with Crippen LogP contribution in [0.2, 0.25) is 0 Å². The molecule has 4 nitrogen and oxygen atoms in total. The lowest BCUT2D eigenvalue weighted by molar-refractivity contribution is -0.120. The number of carbonyl (C=O) groups excluding carboxylic acids is 1. The summed E-state index contributed by atoms with van der Waals surface area (Å²) in [4.78, 5) is 19.3. The van der Waals surface area contributed by atoms with Gasteiger partial charge < -0.3 is 9.30 Å². The van der Waals surface area contributed by atoms with Crippen molar-refractivity contribution >= 4 is 17.2 Å². The minimum atomic E-state index is 0.0989. The van der Waals surface area contributed by atoms with Gasteiger partial charge in [-0.15, -0.1) is 11.3 Å². The highest BCUT2D eigenvalue weighted by molar-refractivity contribution is 7.09. The summed E-state index contributed by atoms with van der Waals surface area (Å²) in [5, 5.41) is 0. The Morgan fingerprint density at radius 2 is 2.23 bits per heavy atom. The minimum absolute atomic E-state index is 0.0989. The molecule has 3 rings (SSSR count). The van der Waals surface area contributed by atoms with Gasteiger partial charge in [0.05, 0.1) is 6.61 Å². The fourth-order valence-corrected chi connectivity index (χ4v) is 5.12. The van der Waals surface area contributed by atoms with Crippen molar-refractivity contribution in [1.29, 1.82) is 0 Å². The van der Waals surface area contributed by atoms with Gasteiger partial charge in [0.15, 0.2) is 4.80 Å². The molecule has 122 valence electrons. The topological polar surface area (TPSA) is 43.6 Å². The predicted octanol–water partition coefficient (Wildman–Crippen LogP) is 3.07. The molecule has 0 N–H and O–H groups in total. The van der Waals surface area contributed by atoms with E-state index in [2.05, 4.69) is 30.3 Å². The molecule has 2 aliphatic rings. The van der Waals surface area contributed by atoms with Gasteiger partial charge >= 0.3 is 0 Å². The van der Waals surface area contributed by atoms with E-state index in [0.717, 1.165) is 11.3 Å². The molecule has 1 aromatic rings. The first-order valence-electron chi connectivity index (χ1n) is 8.23.